The van der Waals surface area contributed by atoms with E-state index in [4.69, 9.17) is 0 Å². The Hall–Kier alpha value is -0.770. The molecule has 0 aliphatic rings. The second kappa shape index (κ2) is 4.16. The molecular weight excluding hydrogens is 264 g/mol. The highest BCUT2D eigenvalue weighted by Crippen LogP contribution is 2.33. The Bertz CT molecular complexity index is 732. The first-order chi connectivity index (χ1) is 8.16. The fraction of sp³-hybridized carbons (Fsp3) is 0. The Labute approximate surface area is 116 Å². The number of fused-ring (bicyclic) bond motifs is 2. The Morgan fingerprint density at radius 3 is 1.88 bits per heavy atom. The van der Waals surface area contributed by atoms with Crippen molar-refractivity contribution >= 4 is 59.4 Å². The molecule has 3 aromatic rings. The molecule has 0 aromatic heterocycles. The number of thiol groups is 3. The fourth-order valence-corrected chi connectivity index (χ4v) is 2.87. The predicted octanol–water partition coefficient (Wildman–Crippen LogP) is 4.86. The Balaban J connectivity index is 2.57. The zero-order chi connectivity index (χ0) is 12.0. The van der Waals surface area contributed by atoms with E-state index in [-0.39, 0.29) is 0 Å². The second-order valence-electron chi connectivity index (χ2n) is 4.00. The smallest absolute Gasteiger partial charge is 0.0120 e. The molecule has 0 saturated heterocycles. The van der Waals surface area contributed by atoms with Crippen molar-refractivity contribution in [3.63, 3.8) is 0 Å². The van der Waals surface area contributed by atoms with E-state index in [9.17, 15) is 0 Å². The zero-order valence-electron chi connectivity index (χ0n) is 8.88. The van der Waals surface area contributed by atoms with Gasteiger partial charge in [0, 0.05) is 14.7 Å². The van der Waals surface area contributed by atoms with Crippen LogP contribution >= 0.6 is 37.9 Å². The van der Waals surface area contributed by atoms with Crippen molar-refractivity contribution in [3.05, 3.63) is 42.5 Å². The van der Waals surface area contributed by atoms with E-state index in [0.717, 1.165) is 30.8 Å². The van der Waals surface area contributed by atoms with Gasteiger partial charge in [0.25, 0.3) is 0 Å². The number of hydrogen-bond acceptors (Lipinski definition) is 3. The lowest BCUT2D eigenvalue weighted by atomic mass is 10.0. The van der Waals surface area contributed by atoms with Crippen molar-refractivity contribution in [2.24, 2.45) is 0 Å². The van der Waals surface area contributed by atoms with Gasteiger partial charge in [-0.25, -0.2) is 0 Å². The van der Waals surface area contributed by atoms with Crippen LogP contribution in [0.2, 0.25) is 0 Å². The standard InChI is InChI=1S/C14H10S3/c15-12-3-1-2-8-6-10-11(7-9(8)12)14(17)5-4-13(10)16/h1-7,15-17H. The van der Waals surface area contributed by atoms with E-state index in [1.54, 1.807) is 0 Å². The van der Waals surface area contributed by atoms with Crippen molar-refractivity contribution in [2.45, 2.75) is 14.7 Å². The number of hydrogen-bond donors (Lipinski definition) is 3. The molecule has 0 aliphatic carbocycles. The predicted molar refractivity (Wildman–Crippen MR) is 83.2 cm³/mol. The van der Waals surface area contributed by atoms with Gasteiger partial charge in [-0.2, -0.15) is 0 Å². The van der Waals surface area contributed by atoms with Gasteiger partial charge in [0.05, 0.1) is 0 Å². The monoisotopic (exact) mass is 274 g/mol. The summed E-state index contributed by atoms with van der Waals surface area (Å²) in [4.78, 5) is 2.93. The van der Waals surface area contributed by atoms with E-state index in [2.05, 4.69) is 56.1 Å². The fourth-order valence-electron chi connectivity index (χ4n) is 2.07. The molecule has 0 radical (unpaired) electrons. The highest BCUT2D eigenvalue weighted by Gasteiger charge is 2.05. The van der Waals surface area contributed by atoms with Crippen molar-refractivity contribution in [1.82, 2.24) is 0 Å². The molecule has 0 nitrogen and oxygen atoms in total. The maximum Gasteiger partial charge on any atom is 0.0120 e. The summed E-state index contributed by atoms with van der Waals surface area (Å²) in [5.74, 6) is 0. The first kappa shape index (κ1) is 11.3. The van der Waals surface area contributed by atoms with Crippen LogP contribution in [0, 0.1) is 0 Å². The van der Waals surface area contributed by atoms with Gasteiger partial charge in [-0.3, -0.25) is 0 Å². The molecule has 0 unspecified atom stereocenters. The molecule has 0 saturated carbocycles. The average molecular weight is 274 g/mol. The minimum atomic E-state index is 0.969. The van der Waals surface area contributed by atoms with E-state index >= 15 is 0 Å². The van der Waals surface area contributed by atoms with Crippen LogP contribution in [0.5, 0.6) is 0 Å². The Morgan fingerprint density at radius 2 is 1.18 bits per heavy atom. The normalized spacial score (nSPS) is 11.2. The molecule has 0 fully saturated rings. The number of benzene rings is 3. The third kappa shape index (κ3) is 1.82. The summed E-state index contributed by atoms with van der Waals surface area (Å²) in [5.41, 5.74) is 0. The van der Waals surface area contributed by atoms with Crippen molar-refractivity contribution < 1.29 is 0 Å². The van der Waals surface area contributed by atoms with Gasteiger partial charge in [-0.1, -0.05) is 12.1 Å². The summed E-state index contributed by atoms with van der Waals surface area (Å²) in [5, 5.41) is 4.58. The summed E-state index contributed by atoms with van der Waals surface area (Å²) in [6, 6.07) is 14.3. The molecular formula is C14H10S3. The van der Waals surface area contributed by atoms with Crippen LogP contribution in [0.25, 0.3) is 21.5 Å². The molecule has 0 N–H and O–H groups in total. The van der Waals surface area contributed by atoms with Gasteiger partial charge in [0.1, 0.15) is 0 Å². The van der Waals surface area contributed by atoms with Gasteiger partial charge in [0.15, 0.2) is 0 Å². The lowest BCUT2D eigenvalue weighted by Gasteiger charge is -2.08. The largest absolute Gasteiger partial charge is 0.143 e. The third-order valence-corrected chi connectivity index (χ3v) is 4.12. The minimum Gasteiger partial charge on any atom is -0.143 e. The van der Waals surface area contributed by atoms with Crippen LogP contribution in [0.3, 0.4) is 0 Å². The Kier molecular flexibility index (Phi) is 2.77. The van der Waals surface area contributed by atoms with Gasteiger partial charge in [-0.05, 0) is 51.9 Å². The summed E-state index contributed by atoms with van der Waals surface area (Å²) >= 11 is 13.5. The summed E-state index contributed by atoms with van der Waals surface area (Å²) in [7, 11) is 0. The van der Waals surface area contributed by atoms with Gasteiger partial charge in [-0.15, -0.1) is 37.9 Å². The van der Waals surface area contributed by atoms with Crippen molar-refractivity contribution in [2.75, 3.05) is 0 Å². The van der Waals surface area contributed by atoms with E-state index in [1.807, 2.05) is 24.3 Å². The first-order valence-electron chi connectivity index (χ1n) is 5.23. The molecule has 3 aromatic carbocycles. The van der Waals surface area contributed by atoms with Crippen LogP contribution in [-0.4, -0.2) is 0 Å². The molecule has 0 atom stereocenters. The van der Waals surface area contributed by atoms with Gasteiger partial charge < -0.3 is 0 Å². The Morgan fingerprint density at radius 1 is 0.588 bits per heavy atom. The summed E-state index contributed by atoms with van der Waals surface area (Å²) in [6.07, 6.45) is 0. The van der Waals surface area contributed by atoms with Gasteiger partial charge in [0.2, 0.25) is 0 Å². The zero-order valence-corrected chi connectivity index (χ0v) is 11.6. The molecule has 0 spiro atoms. The average Bonchev–Trinajstić information content (AvgIpc) is 2.33. The second-order valence-corrected chi connectivity index (χ2v) is 5.45. The molecule has 3 heteroatoms. The maximum atomic E-state index is 4.50. The lowest BCUT2D eigenvalue weighted by molar-refractivity contribution is 1.46. The van der Waals surface area contributed by atoms with Crippen LogP contribution in [0.4, 0.5) is 0 Å². The molecule has 0 aliphatic heterocycles. The first-order valence-corrected chi connectivity index (χ1v) is 6.57. The molecule has 17 heavy (non-hydrogen) atoms. The van der Waals surface area contributed by atoms with Crippen LogP contribution in [0.1, 0.15) is 0 Å². The topological polar surface area (TPSA) is 0 Å². The molecule has 0 heterocycles. The maximum absolute atomic E-state index is 4.50. The molecule has 0 bridgehead atoms. The third-order valence-electron chi connectivity index (χ3n) is 2.95. The van der Waals surface area contributed by atoms with E-state index in [1.165, 1.54) is 5.39 Å². The summed E-state index contributed by atoms with van der Waals surface area (Å²) in [6.45, 7) is 0. The minimum absolute atomic E-state index is 0.969. The van der Waals surface area contributed by atoms with Crippen molar-refractivity contribution in [1.29, 1.82) is 0 Å². The van der Waals surface area contributed by atoms with Crippen LogP contribution in [-0.2, 0) is 0 Å². The highest BCUT2D eigenvalue weighted by molar-refractivity contribution is 7.81. The highest BCUT2D eigenvalue weighted by atomic mass is 32.1. The molecule has 3 rings (SSSR count). The van der Waals surface area contributed by atoms with Crippen LogP contribution < -0.4 is 0 Å². The lowest BCUT2D eigenvalue weighted by Crippen LogP contribution is -1.81. The van der Waals surface area contributed by atoms with E-state index < -0.39 is 0 Å². The van der Waals surface area contributed by atoms with Crippen molar-refractivity contribution in [3.8, 4) is 0 Å². The quantitative estimate of drug-likeness (QED) is 0.378. The van der Waals surface area contributed by atoms with Gasteiger partial charge >= 0.3 is 0 Å². The SMILES string of the molecule is Sc1cccc2cc3c(S)ccc(S)c3cc12. The molecule has 84 valence electrons. The number of rotatable bonds is 0. The van der Waals surface area contributed by atoms with E-state index in [0.29, 0.717) is 0 Å². The molecule has 0 amide bonds. The van der Waals surface area contributed by atoms with Crippen LogP contribution in [0.15, 0.2) is 57.2 Å². The summed E-state index contributed by atoms with van der Waals surface area (Å²) < 4.78 is 0.